The second kappa shape index (κ2) is 7.85. The van der Waals surface area contributed by atoms with Gasteiger partial charge >= 0.3 is 0 Å². The van der Waals surface area contributed by atoms with Crippen LogP contribution in [0, 0.1) is 5.41 Å². The molecule has 0 aliphatic carbocycles. The van der Waals surface area contributed by atoms with Gasteiger partial charge in [0.05, 0.1) is 35.4 Å². The molecule has 4 aromatic heterocycles. The standard InChI is InChI=1S/C21H18N8O2S/c1-28-17-10-25-29(11-13-5-6-26-32-13)21(31)18(17)14(7-22)19(28)20(30)23-8-12-3-2-4-16-15(12)9-24-27-16/h2-7,9-10,22H,8,11H2,1H3,(H,23,30)(H,24,27). The highest BCUT2D eigenvalue weighted by atomic mass is 32.1. The molecule has 0 saturated heterocycles. The van der Waals surface area contributed by atoms with Crippen molar-refractivity contribution in [2.75, 3.05) is 0 Å². The maximum Gasteiger partial charge on any atom is 0.277 e. The lowest BCUT2D eigenvalue weighted by Crippen LogP contribution is -2.26. The third-order valence-electron chi connectivity index (χ3n) is 5.42. The normalized spacial score (nSPS) is 11.3. The summed E-state index contributed by atoms with van der Waals surface area (Å²) in [6.45, 7) is 0.560. The van der Waals surface area contributed by atoms with Crippen molar-refractivity contribution in [3.63, 3.8) is 0 Å². The molecule has 0 unspecified atom stereocenters. The zero-order chi connectivity index (χ0) is 22.2. The second-order valence-corrected chi connectivity index (χ2v) is 8.16. The molecule has 0 fully saturated rings. The molecule has 3 N–H and O–H groups in total. The number of benzene rings is 1. The van der Waals surface area contributed by atoms with Crippen molar-refractivity contribution in [2.24, 2.45) is 7.05 Å². The highest BCUT2D eigenvalue weighted by Crippen LogP contribution is 2.22. The number of fused-ring (bicyclic) bond motifs is 2. The number of aryl methyl sites for hydroxylation is 1. The van der Waals surface area contributed by atoms with Crippen molar-refractivity contribution < 1.29 is 4.79 Å². The SMILES string of the molecule is Cn1c(C(=O)NCc2cccc3[nH]ncc23)c(C=N)c2c(=O)n(Cc3ccns3)ncc21. The van der Waals surface area contributed by atoms with E-state index in [-0.39, 0.29) is 35.8 Å². The fourth-order valence-corrected chi connectivity index (χ4v) is 4.41. The first-order valence-electron chi connectivity index (χ1n) is 9.76. The van der Waals surface area contributed by atoms with Crippen molar-refractivity contribution >= 4 is 45.5 Å². The molecule has 160 valence electrons. The van der Waals surface area contributed by atoms with Gasteiger partial charge in [0, 0.05) is 41.8 Å². The molecule has 1 aromatic carbocycles. The van der Waals surface area contributed by atoms with Gasteiger partial charge in [-0.05, 0) is 29.2 Å². The summed E-state index contributed by atoms with van der Waals surface area (Å²) in [7, 11) is 1.69. The first-order valence-corrected chi connectivity index (χ1v) is 10.5. The molecule has 5 aromatic rings. The Morgan fingerprint density at radius 2 is 2.19 bits per heavy atom. The van der Waals surface area contributed by atoms with Crippen LogP contribution in [0.2, 0.25) is 0 Å². The minimum absolute atomic E-state index is 0.240. The Bertz CT molecular complexity index is 1530. The van der Waals surface area contributed by atoms with E-state index in [1.165, 1.54) is 16.2 Å². The lowest BCUT2D eigenvalue weighted by Gasteiger charge is -2.08. The Hall–Kier alpha value is -4.12. The van der Waals surface area contributed by atoms with E-state index >= 15 is 0 Å². The van der Waals surface area contributed by atoms with Crippen molar-refractivity contribution in [3.05, 3.63) is 74.9 Å². The number of aromatic nitrogens is 6. The van der Waals surface area contributed by atoms with Crippen LogP contribution in [0.1, 0.15) is 26.5 Å². The molecule has 0 radical (unpaired) electrons. The average Bonchev–Trinajstić information content (AvgIpc) is 3.53. The molecule has 0 atom stereocenters. The van der Waals surface area contributed by atoms with Gasteiger partial charge in [0.25, 0.3) is 11.5 Å². The van der Waals surface area contributed by atoms with E-state index in [9.17, 15) is 9.59 Å². The van der Waals surface area contributed by atoms with Gasteiger partial charge in [-0.25, -0.2) is 9.06 Å². The largest absolute Gasteiger partial charge is 0.347 e. The summed E-state index contributed by atoms with van der Waals surface area (Å²) in [6.07, 6.45) is 5.98. The van der Waals surface area contributed by atoms with Crippen LogP contribution in [0.5, 0.6) is 0 Å². The number of hydrogen-bond donors (Lipinski definition) is 3. The summed E-state index contributed by atoms with van der Waals surface area (Å²) in [4.78, 5) is 27.2. The minimum atomic E-state index is -0.379. The molecule has 0 aliphatic rings. The number of nitrogens with one attached hydrogen (secondary N) is 3. The van der Waals surface area contributed by atoms with Crippen LogP contribution in [0.3, 0.4) is 0 Å². The molecule has 0 spiro atoms. The summed E-state index contributed by atoms with van der Waals surface area (Å²) in [5.74, 6) is -0.379. The molecule has 0 saturated carbocycles. The first kappa shape index (κ1) is 19.8. The number of amides is 1. The van der Waals surface area contributed by atoms with E-state index in [0.717, 1.165) is 27.6 Å². The Morgan fingerprint density at radius 3 is 2.97 bits per heavy atom. The minimum Gasteiger partial charge on any atom is -0.347 e. The third kappa shape index (κ3) is 3.19. The first-order chi connectivity index (χ1) is 15.6. The number of nitrogens with zero attached hydrogens (tertiary/aromatic N) is 5. The van der Waals surface area contributed by atoms with Gasteiger partial charge in [0.2, 0.25) is 0 Å². The van der Waals surface area contributed by atoms with Gasteiger partial charge in [0.15, 0.2) is 0 Å². The zero-order valence-corrected chi connectivity index (χ0v) is 17.8. The van der Waals surface area contributed by atoms with Crippen LogP contribution in [0.25, 0.3) is 21.8 Å². The van der Waals surface area contributed by atoms with Crippen molar-refractivity contribution in [1.29, 1.82) is 5.41 Å². The third-order valence-corrected chi connectivity index (χ3v) is 6.14. The van der Waals surface area contributed by atoms with E-state index < -0.39 is 0 Å². The van der Waals surface area contributed by atoms with Gasteiger partial charge in [-0.3, -0.25) is 14.7 Å². The highest BCUT2D eigenvalue weighted by Gasteiger charge is 2.23. The van der Waals surface area contributed by atoms with Crippen LogP contribution in [-0.4, -0.2) is 41.0 Å². The summed E-state index contributed by atoms with van der Waals surface area (Å²) in [6, 6.07) is 7.54. The monoisotopic (exact) mass is 446 g/mol. The predicted octanol–water partition coefficient (Wildman–Crippen LogP) is 2.04. The molecule has 10 nitrogen and oxygen atoms in total. The fraction of sp³-hybridized carbons (Fsp3) is 0.143. The molecule has 1 amide bonds. The van der Waals surface area contributed by atoms with Crippen LogP contribution in [-0.2, 0) is 20.1 Å². The zero-order valence-electron chi connectivity index (χ0n) is 17.0. The van der Waals surface area contributed by atoms with Gasteiger partial charge in [-0.2, -0.15) is 10.2 Å². The highest BCUT2D eigenvalue weighted by molar-refractivity contribution is 7.05. The summed E-state index contributed by atoms with van der Waals surface area (Å²) in [5, 5.41) is 23.2. The van der Waals surface area contributed by atoms with Crippen LogP contribution < -0.4 is 10.9 Å². The molecule has 0 aliphatic heterocycles. The Kier molecular flexibility index (Phi) is 4.86. The number of rotatable bonds is 6. The van der Waals surface area contributed by atoms with Crippen molar-refractivity contribution in [2.45, 2.75) is 13.1 Å². The summed E-state index contributed by atoms with van der Waals surface area (Å²) >= 11 is 1.29. The smallest absolute Gasteiger partial charge is 0.277 e. The fourth-order valence-electron chi connectivity index (χ4n) is 3.85. The van der Waals surface area contributed by atoms with E-state index in [1.54, 1.807) is 30.2 Å². The van der Waals surface area contributed by atoms with Crippen molar-refractivity contribution in [1.82, 2.24) is 34.2 Å². The van der Waals surface area contributed by atoms with E-state index in [4.69, 9.17) is 5.41 Å². The van der Waals surface area contributed by atoms with Crippen molar-refractivity contribution in [3.8, 4) is 0 Å². The van der Waals surface area contributed by atoms with E-state index in [0.29, 0.717) is 10.9 Å². The molecule has 11 heteroatoms. The number of H-pyrrole nitrogens is 1. The number of carbonyl (C=O) groups is 1. The van der Waals surface area contributed by atoms with Crippen LogP contribution in [0.15, 0.2) is 47.7 Å². The molecule has 5 rings (SSSR count). The maximum atomic E-state index is 13.1. The van der Waals surface area contributed by atoms with E-state index in [2.05, 4.69) is 25.0 Å². The average molecular weight is 446 g/mol. The maximum absolute atomic E-state index is 13.1. The van der Waals surface area contributed by atoms with Gasteiger partial charge in [-0.15, -0.1) is 0 Å². The summed E-state index contributed by atoms with van der Waals surface area (Å²) in [5.41, 5.74) is 2.45. The lowest BCUT2D eigenvalue weighted by atomic mass is 10.1. The Morgan fingerprint density at radius 1 is 1.31 bits per heavy atom. The lowest BCUT2D eigenvalue weighted by molar-refractivity contribution is 0.0943. The Balaban J connectivity index is 1.51. The molecule has 32 heavy (non-hydrogen) atoms. The number of hydrogen-bond acceptors (Lipinski definition) is 7. The quantitative estimate of drug-likeness (QED) is 0.343. The molecular formula is C21H18N8O2S. The molecule has 0 bridgehead atoms. The topological polar surface area (TPSA) is 134 Å². The second-order valence-electron chi connectivity index (χ2n) is 7.24. The molecular weight excluding hydrogens is 428 g/mol. The van der Waals surface area contributed by atoms with Gasteiger partial charge in [-0.1, -0.05) is 12.1 Å². The van der Waals surface area contributed by atoms with E-state index in [1.807, 2.05) is 24.3 Å². The predicted molar refractivity (Wildman–Crippen MR) is 121 cm³/mol. The van der Waals surface area contributed by atoms with Crippen LogP contribution in [0.4, 0.5) is 0 Å². The van der Waals surface area contributed by atoms with Gasteiger partial charge < -0.3 is 15.3 Å². The van der Waals surface area contributed by atoms with Gasteiger partial charge in [0.1, 0.15) is 5.69 Å². The Labute approximate surface area is 185 Å². The summed E-state index contributed by atoms with van der Waals surface area (Å²) < 4.78 is 6.98. The number of aromatic amines is 1. The van der Waals surface area contributed by atoms with Crippen LogP contribution >= 0.6 is 11.5 Å². The number of carbonyl (C=O) groups excluding carboxylic acids is 1. The molecule has 4 heterocycles.